The van der Waals surface area contributed by atoms with E-state index in [1.165, 1.54) is 43.1 Å². The van der Waals surface area contributed by atoms with E-state index < -0.39 is 59.8 Å². The molecule has 5 aliphatic rings. The van der Waals surface area contributed by atoms with Crippen LogP contribution in [0.25, 0.3) is 0 Å². The standard InChI is InChI=1S/C41H44F3N9O7S/c1-50-29-20-45-40(49-34(29)52(23-6-3-4-7-23)21-41(43,44)39(50)59)47-27-19-26(42)25(18-30(27)60-2)35(55)46-22-12-14-51(15-13-22)16-17-61-31-9-5-8-24-33(31)38(58)53(37(24)57)28-10-11-32(54)48-36(28)56/h5,8-9,18-20,22-23,28H,3-4,6-7,10-17,21H2,1-2H3,(H,46,55)(H,45,47,49)(H,48,54,56). The Balaban J connectivity index is 0.866. The third-order valence-electron chi connectivity index (χ3n) is 11.9. The van der Waals surface area contributed by atoms with Crippen molar-refractivity contribution in [1.29, 1.82) is 0 Å². The summed E-state index contributed by atoms with van der Waals surface area (Å²) in [6.45, 7) is 1.12. The lowest BCUT2D eigenvalue weighted by atomic mass is 10.0. The second-order valence-corrected chi connectivity index (χ2v) is 16.9. The number of thioether (sulfide) groups is 1. The number of alkyl halides is 2. The molecule has 1 unspecified atom stereocenters. The van der Waals surface area contributed by atoms with Gasteiger partial charge in [0.25, 0.3) is 23.6 Å². The largest absolute Gasteiger partial charge is 0.495 e. The number of rotatable bonds is 11. The van der Waals surface area contributed by atoms with Crippen molar-refractivity contribution in [2.45, 2.75) is 80.3 Å². The zero-order valence-corrected chi connectivity index (χ0v) is 34.3. The van der Waals surface area contributed by atoms with E-state index in [-0.39, 0.29) is 70.5 Å². The van der Waals surface area contributed by atoms with Gasteiger partial charge >= 0.3 is 5.92 Å². The zero-order chi connectivity index (χ0) is 43.2. The quantitative estimate of drug-likeness (QED) is 0.185. The van der Waals surface area contributed by atoms with E-state index in [2.05, 4.69) is 30.8 Å². The first kappa shape index (κ1) is 42.0. The molecule has 0 spiro atoms. The maximum Gasteiger partial charge on any atom is 0.342 e. The highest BCUT2D eigenvalue weighted by molar-refractivity contribution is 7.99. The number of methoxy groups -OCH3 is 1. The number of ether oxygens (including phenoxy) is 1. The third-order valence-corrected chi connectivity index (χ3v) is 13.0. The van der Waals surface area contributed by atoms with Crippen molar-refractivity contribution >= 4 is 70.3 Å². The number of benzene rings is 2. The van der Waals surface area contributed by atoms with Crippen LogP contribution in [-0.2, 0) is 14.4 Å². The van der Waals surface area contributed by atoms with Crippen molar-refractivity contribution in [3.63, 3.8) is 0 Å². The average Bonchev–Trinajstić information content (AvgIpc) is 3.85. The molecule has 6 amide bonds. The fourth-order valence-electron chi connectivity index (χ4n) is 8.67. The number of likely N-dealkylation sites (tertiary alicyclic amines) is 1. The Kier molecular flexibility index (Phi) is 11.7. The van der Waals surface area contributed by atoms with Crippen LogP contribution in [-0.4, -0.2) is 125 Å². The van der Waals surface area contributed by atoms with Gasteiger partial charge in [-0.05, 0) is 50.3 Å². The highest BCUT2D eigenvalue weighted by Crippen LogP contribution is 2.41. The Morgan fingerprint density at radius 2 is 1.79 bits per heavy atom. The van der Waals surface area contributed by atoms with E-state index in [1.807, 2.05) is 0 Å². The molecule has 2 saturated heterocycles. The second-order valence-electron chi connectivity index (χ2n) is 15.8. The molecule has 1 aromatic heterocycles. The number of hydrogen-bond acceptors (Lipinski definition) is 13. The summed E-state index contributed by atoms with van der Waals surface area (Å²) in [7, 11) is 2.61. The van der Waals surface area contributed by atoms with Gasteiger partial charge in [0.2, 0.25) is 17.8 Å². The summed E-state index contributed by atoms with van der Waals surface area (Å²) in [5.41, 5.74) is 0.471. The zero-order valence-electron chi connectivity index (χ0n) is 33.5. The summed E-state index contributed by atoms with van der Waals surface area (Å²) in [5.74, 6) is -7.84. The van der Waals surface area contributed by atoms with Gasteiger partial charge in [0.05, 0.1) is 42.2 Å². The molecule has 2 aromatic carbocycles. The first-order chi connectivity index (χ1) is 29.2. The van der Waals surface area contributed by atoms with Crippen LogP contribution in [0.3, 0.4) is 0 Å². The Bertz CT molecular complexity index is 2300. The molecule has 8 rings (SSSR count). The summed E-state index contributed by atoms with van der Waals surface area (Å²) in [6.07, 6.45) is 5.66. The summed E-state index contributed by atoms with van der Waals surface area (Å²) in [6, 6.07) is 5.86. The monoisotopic (exact) mass is 863 g/mol. The normalized spacial score (nSPS) is 21.0. The Labute approximate surface area is 352 Å². The molecule has 5 heterocycles. The van der Waals surface area contributed by atoms with Gasteiger partial charge in [0.1, 0.15) is 23.3 Å². The van der Waals surface area contributed by atoms with Crippen LogP contribution in [0, 0.1) is 5.82 Å². The van der Waals surface area contributed by atoms with Crippen molar-refractivity contribution in [2.24, 2.45) is 0 Å². The summed E-state index contributed by atoms with van der Waals surface area (Å²) in [5, 5.41) is 8.04. The molecule has 3 aromatic rings. The smallest absolute Gasteiger partial charge is 0.342 e. The number of carbonyl (C=O) groups excluding carboxylic acids is 6. The highest BCUT2D eigenvalue weighted by atomic mass is 32.2. The van der Waals surface area contributed by atoms with E-state index in [0.29, 0.717) is 56.0 Å². The van der Waals surface area contributed by atoms with Gasteiger partial charge in [-0.3, -0.25) is 39.0 Å². The van der Waals surface area contributed by atoms with Crippen molar-refractivity contribution in [2.75, 3.05) is 61.2 Å². The SMILES string of the molecule is COc1cc(C(=O)NC2CCN(CCSc3cccc4c3C(=O)N(C3CCC(=O)NC3=O)C4=O)CC2)c(F)cc1Nc1ncc2c(n1)N(C1CCCC1)CC(F)(F)C(=O)N2C. The molecule has 3 N–H and O–H groups in total. The van der Waals surface area contributed by atoms with Gasteiger partial charge in [-0.1, -0.05) is 18.9 Å². The predicted molar refractivity (Wildman–Crippen MR) is 217 cm³/mol. The van der Waals surface area contributed by atoms with Crippen molar-refractivity contribution < 1.29 is 46.7 Å². The first-order valence-electron chi connectivity index (χ1n) is 20.2. The Morgan fingerprint density at radius 1 is 1.03 bits per heavy atom. The number of fused-ring (bicyclic) bond motifs is 2. The molecular weight excluding hydrogens is 820 g/mol. The summed E-state index contributed by atoms with van der Waals surface area (Å²) in [4.78, 5) is 91.7. The van der Waals surface area contributed by atoms with Crippen LogP contribution >= 0.6 is 11.8 Å². The maximum atomic E-state index is 15.6. The number of nitrogens with one attached hydrogen (secondary N) is 3. The van der Waals surface area contributed by atoms with Crippen LogP contribution < -0.4 is 30.5 Å². The van der Waals surface area contributed by atoms with Crippen molar-refractivity contribution in [3.05, 3.63) is 59.0 Å². The van der Waals surface area contributed by atoms with Crippen LogP contribution in [0.15, 0.2) is 41.4 Å². The van der Waals surface area contributed by atoms with Crippen molar-refractivity contribution in [3.8, 4) is 5.75 Å². The molecular formula is C41H44F3N9O7S. The fourth-order valence-corrected chi connectivity index (χ4v) is 9.76. The molecule has 16 nitrogen and oxygen atoms in total. The van der Waals surface area contributed by atoms with E-state index in [4.69, 9.17) is 4.74 Å². The number of amides is 6. The number of imide groups is 2. The van der Waals surface area contributed by atoms with Crippen LogP contribution in [0.5, 0.6) is 5.75 Å². The van der Waals surface area contributed by atoms with Gasteiger partial charge in [-0.15, -0.1) is 11.8 Å². The predicted octanol–water partition coefficient (Wildman–Crippen LogP) is 4.12. The lowest BCUT2D eigenvalue weighted by molar-refractivity contribution is -0.140. The Hall–Kier alpha value is -5.76. The summed E-state index contributed by atoms with van der Waals surface area (Å²) < 4.78 is 51.2. The molecule has 1 atom stereocenters. The minimum atomic E-state index is -3.64. The molecule has 20 heteroatoms. The topological polar surface area (TPSA) is 186 Å². The molecule has 0 bridgehead atoms. The highest BCUT2D eigenvalue weighted by Gasteiger charge is 2.49. The van der Waals surface area contributed by atoms with E-state index in [1.54, 1.807) is 18.2 Å². The molecule has 1 aliphatic carbocycles. The lowest BCUT2D eigenvalue weighted by Crippen LogP contribution is -2.54. The number of piperidine rings is 2. The third kappa shape index (κ3) is 8.21. The Morgan fingerprint density at radius 3 is 2.51 bits per heavy atom. The van der Waals surface area contributed by atoms with E-state index >= 15 is 13.2 Å². The van der Waals surface area contributed by atoms with Crippen LogP contribution in [0.1, 0.15) is 82.4 Å². The second kappa shape index (κ2) is 16.9. The average molecular weight is 864 g/mol. The van der Waals surface area contributed by atoms with E-state index in [0.717, 1.165) is 28.7 Å². The minimum absolute atomic E-state index is 0.0388. The molecule has 61 heavy (non-hydrogen) atoms. The summed E-state index contributed by atoms with van der Waals surface area (Å²) >= 11 is 1.43. The lowest BCUT2D eigenvalue weighted by Gasteiger charge is -2.32. The van der Waals surface area contributed by atoms with Crippen molar-refractivity contribution in [1.82, 2.24) is 30.4 Å². The molecule has 322 valence electrons. The van der Waals surface area contributed by atoms with Crippen LogP contribution in [0.4, 0.5) is 36.3 Å². The fraction of sp³-hybridized carbons (Fsp3) is 0.463. The number of carbonyl (C=O) groups is 6. The molecule has 0 radical (unpaired) electrons. The number of nitrogens with zero attached hydrogens (tertiary/aromatic N) is 6. The van der Waals surface area contributed by atoms with Crippen LogP contribution in [0.2, 0.25) is 0 Å². The molecule has 4 aliphatic heterocycles. The first-order valence-corrected chi connectivity index (χ1v) is 21.2. The molecule has 3 fully saturated rings. The maximum absolute atomic E-state index is 15.6. The minimum Gasteiger partial charge on any atom is -0.495 e. The number of aromatic nitrogens is 2. The van der Waals surface area contributed by atoms with E-state index in [9.17, 15) is 28.8 Å². The molecule has 1 saturated carbocycles. The number of halogens is 3. The number of anilines is 4. The van der Waals surface area contributed by atoms with Gasteiger partial charge in [-0.2, -0.15) is 13.8 Å². The van der Waals surface area contributed by atoms with Gasteiger partial charge in [0.15, 0.2) is 5.82 Å². The van der Waals surface area contributed by atoms with Gasteiger partial charge in [-0.25, -0.2) is 9.37 Å². The van der Waals surface area contributed by atoms with Gasteiger partial charge in [0, 0.05) is 61.9 Å². The number of hydrogen-bond donors (Lipinski definition) is 3. The van der Waals surface area contributed by atoms with Gasteiger partial charge < -0.3 is 30.1 Å².